The van der Waals surface area contributed by atoms with Crippen LogP contribution in [0.4, 0.5) is 0 Å². The molecule has 1 amide bonds. The van der Waals surface area contributed by atoms with Crippen molar-refractivity contribution in [1.82, 2.24) is 10.6 Å². The van der Waals surface area contributed by atoms with Crippen LogP contribution < -0.4 is 15.4 Å². The van der Waals surface area contributed by atoms with Crippen LogP contribution in [-0.2, 0) is 13.0 Å². The minimum atomic E-state index is -0.226. The minimum Gasteiger partial charge on any atom is -0.493 e. The zero-order chi connectivity index (χ0) is 22.3. The van der Waals surface area contributed by atoms with Gasteiger partial charge >= 0.3 is 0 Å². The molecular weight excluding hydrogens is 400 g/mol. The maximum Gasteiger partial charge on any atom is 0.287 e. The van der Waals surface area contributed by atoms with E-state index in [-0.39, 0.29) is 17.7 Å². The molecule has 2 N–H and O–H groups in total. The number of fused-ring (bicyclic) bond motifs is 1. The Bertz CT molecular complexity index is 1170. The van der Waals surface area contributed by atoms with E-state index in [9.17, 15) is 4.79 Å². The summed E-state index contributed by atoms with van der Waals surface area (Å²) < 4.78 is 11.4. The van der Waals surface area contributed by atoms with Crippen LogP contribution in [0.5, 0.6) is 5.75 Å². The maximum atomic E-state index is 12.7. The van der Waals surface area contributed by atoms with E-state index in [0.29, 0.717) is 24.4 Å². The lowest BCUT2D eigenvalue weighted by Gasteiger charge is -2.15. The number of carbonyl (C=O) groups is 1. The van der Waals surface area contributed by atoms with Gasteiger partial charge in [-0.05, 0) is 42.2 Å². The van der Waals surface area contributed by atoms with Gasteiger partial charge < -0.3 is 19.8 Å². The number of amides is 1. The van der Waals surface area contributed by atoms with Gasteiger partial charge in [-0.2, -0.15) is 0 Å². The van der Waals surface area contributed by atoms with Crippen molar-refractivity contribution in [2.24, 2.45) is 0 Å². The Morgan fingerprint density at radius 2 is 1.72 bits per heavy atom. The molecule has 0 saturated heterocycles. The van der Waals surface area contributed by atoms with Gasteiger partial charge in [-0.15, -0.1) is 0 Å². The molecule has 0 aliphatic rings. The number of carbonyl (C=O) groups excluding carboxylic acids is 1. The fraction of sp³-hybridized carbons (Fsp3) is 0.222. The van der Waals surface area contributed by atoms with Crippen molar-refractivity contribution in [3.8, 4) is 5.75 Å². The summed E-state index contributed by atoms with van der Waals surface area (Å²) in [4.78, 5) is 12.7. The first-order valence-corrected chi connectivity index (χ1v) is 10.9. The van der Waals surface area contributed by atoms with Crippen LogP contribution >= 0.6 is 0 Å². The Balaban J connectivity index is 1.48. The van der Waals surface area contributed by atoms with E-state index in [2.05, 4.69) is 29.7 Å². The predicted octanol–water partition coefficient (Wildman–Crippen LogP) is 5.26. The summed E-state index contributed by atoms with van der Waals surface area (Å²) in [6, 6.07) is 26.3. The molecule has 5 nitrogen and oxygen atoms in total. The van der Waals surface area contributed by atoms with Crippen LogP contribution in [0.3, 0.4) is 0 Å². The predicted molar refractivity (Wildman–Crippen MR) is 127 cm³/mol. The first-order chi connectivity index (χ1) is 15.7. The van der Waals surface area contributed by atoms with Gasteiger partial charge in [-0.1, -0.05) is 66.7 Å². The fourth-order valence-electron chi connectivity index (χ4n) is 3.76. The van der Waals surface area contributed by atoms with Crippen molar-refractivity contribution in [1.29, 1.82) is 0 Å². The fourth-order valence-corrected chi connectivity index (χ4v) is 3.76. The van der Waals surface area contributed by atoms with Crippen LogP contribution in [0.1, 0.15) is 40.2 Å². The zero-order valence-corrected chi connectivity index (χ0v) is 18.4. The molecule has 0 fully saturated rings. The summed E-state index contributed by atoms with van der Waals surface area (Å²) in [5, 5.41) is 7.38. The highest BCUT2D eigenvalue weighted by atomic mass is 16.5. The Morgan fingerprint density at radius 1 is 1.00 bits per heavy atom. The standard InChI is InChI=1S/C27H28N2O3/c1-19(21-11-7-4-8-12-21)29-18-22-13-14-24(31-2)26-23(22)17-25(32-26)27(30)28-16-15-20-9-5-3-6-10-20/h3-14,17,19,29H,15-16,18H2,1-2H3,(H,28,30)/t19-/m0/s1. The van der Waals surface area contributed by atoms with Crippen molar-refractivity contribution >= 4 is 16.9 Å². The first-order valence-electron chi connectivity index (χ1n) is 10.9. The number of methoxy groups -OCH3 is 1. The van der Waals surface area contributed by atoms with Crippen molar-refractivity contribution in [2.75, 3.05) is 13.7 Å². The lowest BCUT2D eigenvalue weighted by molar-refractivity contribution is 0.0928. The molecule has 1 heterocycles. The monoisotopic (exact) mass is 428 g/mol. The highest BCUT2D eigenvalue weighted by Crippen LogP contribution is 2.32. The van der Waals surface area contributed by atoms with E-state index in [4.69, 9.17) is 9.15 Å². The number of nitrogens with one attached hydrogen (secondary N) is 2. The topological polar surface area (TPSA) is 63.5 Å². The van der Waals surface area contributed by atoms with Gasteiger partial charge in [-0.25, -0.2) is 0 Å². The van der Waals surface area contributed by atoms with Gasteiger partial charge in [0, 0.05) is 24.5 Å². The molecule has 4 rings (SSSR count). The lowest BCUT2D eigenvalue weighted by Crippen LogP contribution is -2.25. The van der Waals surface area contributed by atoms with Crippen LogP contribution in [0, 0.1) is 0 Å². The van der Waals surface area contributed by atoms with Gasteiger partial charge in [-0.3, -0.25) is 4.79 Å². The van der Waals surface area contributed by atoms with Crippen molar-refractivity contribution in [3.63, 3.8) is 0 Å². The molecule has 3 aromatic carbocycles. The minimum absolute atomic E-state index is 0.195. The average Bonchev–Trinajstić information content (AvgIpc) is 3.29. The van der Waals surface area contributed by atoms with Crippen LogP contribution in [0.15, 0.2) is 83.3 Å². The van der Waals surface area contributed by atoms with E-state index in [1.54, 1.807) is 13.2 Å². The van der Waals surface area contributed by atoms with Crippen molar-refractivity contribution in [3.05, 3.63) is 101 Å². The number of rotatable bonds is 9. The molecule has 0 spiro atoms. The quantitative estimate of drug-likeness (QED) is 0.381. The van der Waals surface area contributed by atoms with E-state index in [0.717, 1.165) is 17.4 Å². The van der Waals surface area contributed by atoms with Crippen LogP contribution in [-0.4, -0.2) is 19.6 Å². The average molecular weight is 429 g/mol. The summed E-state index contributed by atoms with van der Waals surface area (Å²) in [6.45, 7) is 3.32. The number of hydrogen-bond donors (Lipinski definition) is 2. The van der Waals surface area contributed by atoms with Crippen LogP contribution in [0.2, 0.25) is 0 Å². The molecule has 0 bridgehead atoms. The Labute approximate surface area is 188 Å². The van der Waals surface area contributed by atoms with Crippen molar-refractivity contribution in [2.45, 2.75) is 25.9 Å². The van der Waals surface area contributed by atoms with E-state index >= 15 is 0 Å². The SMILES string of the molecule is COc1ccc(CN[C@@H](C)c2ccccc2)c2cc(C(=O)NCCc3ccccc3)oc12. The molecule has 164 valence electrons. The summed E-state index contributed by atoms with van der Waals surface area (Å²) in [5.74, 6) is 0.675. The third-order valence-corrected chi connectivity index (χ3v) is 5.62. The summed E-state index contributed by atoms with van der Waals surface area (Å²) in [6.07, 6.45) is 0.767. The molecular formula is C27H28N2O3. The highest BCUT2D eigenvalue weighted by Gasteiger charge is 2.18. The van der Waals surface area contributed by atoms with Gasteiger partial charge in [0.05, 0.1) is 7.11 Å². The maximum absolute atomic E-state index is 12.7. The molecule has 1 atom stereocenters. The molecule has 0 unspecified atom stereocenters. The Morgan fingerprint density at radius 3 is 2.44 bits per heavy atom. The van der Waals surface area contributed by atoms with E-state index < -0.39 is 0 Å². The third-order valence-electron chi connectivity index (χ3n) is 5.62. The zero-order valence-electron chi connectivity index (χ0n) is 18.4. The van der Waals surface area contributed by atoms with Gasteiger partial charge in [0.2, 0.25) is 0 Å². The van der Waals surface area contributed by atoms with Gasteiger partial charge in [0.15, 0.2) is 17.1 Å². The largest absolute Gasteiger partial charge is 0.493 e. The molecule has 1 aromatic heterocycles. The molecule has 4 aromatic rings. The van der Waals surface area contributed by atoms with E-state index in [1.165, 1.54) is 11.1 Å². The first kappa shape index (κ1) is 21.7. The second kappa shape index (κ2) is 10.2. The second-order valence-corrected chi connectivity index (χ2v) is 7.79. The smallest absolute Gasteiger partial charge is 0.287 e. The number of ether oxygens (including phenoxy) is 1. The van der Waals surface area contributed by atoms with Crippen LogP contribution in [0.25, 0.3) is 11.0 Å². The molecule has 0 saturated carbocycles. The number of furan rings is 1. The molecule has 32 heavy (non-hydrogen) atoms. The molecule has 5 heteroatoms. The van der Waals surface area contributed by atoms with Gasteiger partial charge in [0.1, 0.15) is 0 Å². The normalized spacial score (nSPS) is 11.9. The van der Waals surface area contributed by atoms with E-state index in [1.807, 2.05) is 60.7 Å². The summed E-state index contributed by atoms with van der Waals surface area (Å²) in [5.41, 5.74) is 4.05. The highest BCUT2D eigenvalue weighted by molar-refractivity contribution is 5.98. The lowest BCUT2D eigenvalue weighted by atomic mass is 10.1. The Kier molecular flexibility index (Phi) is 6.87. The molecule has 0 aliphatic heterocycles. The summed E-state index contributed by atoms with van der Waals surface area (Å²) in [7, 11) is 1.60. The molecule has 0 aliphatic carbocycles. The Hall–Kier alpha value is -3.57. The third kappa shape index (κ3) is 5.01. The number of hydrogen-bond acceptors (Lipinski definition) is 4. The van der Waals surface area contributed by atoms with Crippen molar-refractivity contribution < 1.29 is 13.9 Å². The second-order valence-electron chi connectivity index (χ2n) is 7.79. The number of benzene rings is 3. The molecule has 0 radical (unpaired) electrons. The summed E-state index contributed by atoms with van der Waals surface area (Å²) >= 11 is 0. The van der Waals surface area contributed by atoms with Gasteiger partial charge in [0.25, 0.3) is 5.91 Å².